The smallest absolute Gasteiger partial charge is 0.407 e. The minimum atomic E-state index is -0.521. The molecule has 5 rings (SSSR count). The number of alkyl carbamates (subject to hydrolysis) is 1. The molecule has 3 aromatic rings. The fourth-order valence-corrected chi connectivity index (χ4v) is 5.83. The summed E-state index contributed by atoms with van der Waals surface area (Å²) in [6.07, 6.45) is 3.00. The zero-order valence-electron chi connectivity index (χ0n) is 20.6. The number of amides is 2. The van der Waals surface area contributed by atoms with Crippen molar-refractivity contribution in [2.45, 2.75) is 45.3 Å². The van der Waals surface area contributed by atoms with Gasteiger partial charge in [-0.05, 0) is 75.1 Å². The molecule has 2 amide bonds. The number of benzene rings is 1. The van der Waals surface area contributed by atoms with Gasteiger partial charge in [0.2, 0.25) is 0 Å². The molecule has 2 aromatic heterocycles. The van der Waals surface area contributed by atoms with Crippen molar-refractivity contribution in [2.75, 3.05) is 29.4 Å². The molecule has 2 aliphatic heterocycles. The molecular formula is C27H29ClN4O3S. The van der Waals surface area contributed by atoms with Gasteiger partial charge in [0, 0.05) is 29.5 Å². The first-order chi connectivity index (χ1) is 17.2. The van der Waals surface area contributed by atoms with Crippen LogP contribution in [0.5, 0.6) is 0 Å². The van der Waals surface area contributed by atoms with Crippen LogP contribution in [0.4, 0.5) is 16.3 Å². The Morgan fingerprint density at radius 1 is 1.17 bits per heavy atom. The molecule has 9 heteroatoms. The summed E-state index contributed by atoms with van der Waals surface area (Å²) < 4.78 is 5.36. The van der Waals surface area contributed by atoms with Crippen LogP contribution < -0.4 is 15.1 Å². The maximum absolute atomic E-state index is 13.3. The van der Waals surface area contributed by atoms with Gasteiger partial charge in [-0.2, -0.15) is 0 Å². The first kappa shape index (κ1) is 24.6. The van der Waals surface area contributed by atoms with Gasteiger partial charge in [0.1, 0.15) is 11.4 Å². The Labute approximate surface area is 220 Å². The lowest BCUT2D eigenvalue weighted by Crippen LogP contribution is -2.40. The number of hydrogen-bond acceptors (Lipinski definition) is 6. The van der Waals surface area contributed by atoms with E-state index < -0.39 is 11.7 Å². The Bertz CT molecular complexity index is 1270. The topological polar surface area (TPSA) is 74.8 Å². The van der Waals surface area contributed by atoms with E-state index in [9.17, 15) is 9.59 Å². The number of nitrogens with one attached hydrogen (secondary N) is 1. The number of fused-ring (bicyclic) bond motifs is 1. The Kier molecular flexibility index (Phi) is 6.66. The number of rotatable bonds is 4. The van der Waals surface area contributed by atoms with E-state index in [0.29, 0.717) is 18.1 Å². The van der Waals surface area contributed by atoms with Crippen LogP contribution in [0.2, 0.25) is 5.02 Å². The van der Waals surface area contributed by atoms with Crippen LogP contribution in [0.25, 0.3) is 10.4 Å². The molecule has 0 spiro atoms. The Balaban J connectivity index is 1.23. The SMILES string of the molecule is CC(C)(C)OC(=O)N[C@@H]1CCN(c2ccc(N3CCc4cc(-c5ccc(Cl)cc5)sc4C3=O)cn2)C1. The summed E-state index contributed by atoms with van der Waals surface area (Å²) in [5, 5.41) is 3.64. The minimum absolute atomic E-state index is 0.0112. The Morgan fingerprint density at radius 3 is 2.64 bits per heavy atom. The number of hydrogen-bond donors (Lipinski definition) is 1. The summed E-state index contributed by atoms with van der Waals surface area (Å²) >= 11 is 7.55. The maximum Gasteiger partial charge on any atom is 0.407 e. The third kappa shape index (κ3) is 5.34. The quantitative estimate of drug-likeness (QED) is 0.469. The summed E-state index contributed by atoms with van der Waals surface area (Å²) in [5.74, 6) is 0.845. The fraction of sp³-hybridized carbons (Fsp3) is 0.370. The highest BCUT2D eigenvalue weighted by atomic mass is 35.5. The second kappa shape index (κ2) is 9.75. The number of aromatic nitrogens is 1. The van der Waals surface area contributed by atoms with Crippen LogP contribution in [-0.2, 0) is 11.2 Å². The van der Waals surface area contributed by atoms with Crippen LogP contribution in [-0.4, -0.2) is 48.3 Å². The van der Waals surface area contributed by atoms with E-state index in [-0.39, 0.29) is 11.9 Å². The number of ether oxygens (including phenoxy) is 1. The highest BCUT2D eigenvalue weighted by Crippen LogP contribution is 2.36. The van der Waals surface area contributed by atoms with Crippen LogP contribution in [0.1, 0.15) is 42.4 Å². The molecule has 1 atom stereocenters. The molecule has 1 N–H and O–H groups in total. The Hall–Kier alpha value is -3.10. The Morgan fingerprint density at radius 2 is 1.94 bits per heavy atom. The number of anilines is 2. The van der Waals surface area contributed by atoms with Crippen molar-refractivity contribution in [3.05, 3.63) is 64.1 Å². The number of halogens is 1. The lowest BCUT2D eigenvalue weighted by atomic mass is 10.1. The van der Waals surface area contributed by atoms with Crippen molar-refractivity contribution in [3.8, 4) is 10.4 Å². The second-order valence-corrected chi connectivity index (χ2v) is 11.6. The summed E-state index contributed by atoms with van der Waals surface area (Å²) in [6, 6.07) is 13.7. The monoisotopic (exact) mass is 524 g/mol. The van der Waals surface area contributed by atoms with Crippen LogP contribution in [0.15, 0.2) is 48.7 Å². The molecule has 0 radical (unpaired) electrons. The standard InChI is InChI=1S/C27H29ClN4O3S/c1-27(2,3)35-26(34)30-20-11-12-31(16-20)23-9-8-21(15-29-23)32-13-10-18-14-22(36-24(18)25(32)33)17-4-6-19(28)7-5-17/h4-9,14-15,20H,10-13,16H2,1-3H3,(H,30,34)/t20-/m1/s1. The molecule has 0 unspecified atom stereocenters. The van der Waals surface area contributed by atoms with E-state index >= 15 is 0 Å². The predicted molar refractivity (Wildman–Crippen MR) is 144 cm³/mol. The lowest BCUT2D eigenvalue weighted by molar-refractivity contribution is 0.0509. The second-order valence-electron chi connectivity index (χ2n) is 10.1. The molecule has 0 bridgehead atoms. The van der Waals surface area contributed by atoms with Crippen LogP contribution >= 0.6 is 22.9 Å². The molecule has 0 saturated carbocycles. The summed E-state index contributed by atoms with van der Waals surface area (Å²) in [7, 11) is 0. The number of pyridine rings is 1. The third-order valence-corrected chi connectivity index (χ3v) is 7.73. The highest BCUT2D eigenvalue weighted by Gasteiger charge is 2.30. The third-order valence-electron chi connectivity index (χ3n) is 6.26. The zero-order chi connectivity index (χ0) is 25.4. The maximum atomic E-state index is 13.3. The normalized spacial score (nSPS) is 17.8. The molecule has 4 heterocycles. The van der Waals surface area contributed by atoms with Gasteiger partial charge in [0.15, 0.2) is 0 Å². The van der Waals surface area contributed by atoms with Crippen molar-refractivity contribution in [1.82, 2.24) is 10.3 Å². The summed E-state index contributed by atoms with van der Waals surface area (Å²) in [6.45, 7) is 7.63. The van der Waals surface area contributed by atoms with E-state index in [4.69, 9.17) is 16.3 Å². The van der Waals surface area contributed by atoms with Crippen molar-refractivity contribution in [1.29, 1.82) is 0 Å². The fourth-order valence-electron chi connectivity index (χ4n) is 4.54. The molecule has 0 aliphatic carbocycles. The molecule has 1 saturated heterocycles. The number of thiophene rings is 1. The molecule has 1 aromatic carbocycles. The number of carbonyl (C=O) groups excluding carboxylic acids is 2. The van der Waals surface area contributed by atoms with Gasteiger partial charge < -0.3 is 19.9 Å². The van der Waals surface area contributed by atoms with Crippen LogP contribution in [0, 0.1) is 0 Å². The van der Waals surface area contributed by atoms with Gasteiger partial charge >= 0.3 is 6.09 Å². The molecule has 1 fully saturated rings. The lowest BCUT2D eigenvalue weighted by Gasteiger charge is -2.27. The first-order valence-electron chi connectivity index (χ1n) is 12.1. The van der Waals surface area contributed by atoms with Gasteiger partial charge in [-0.3, -0.25) is 4.79 Å². The predicted octanol–water partition coefficient (Wildman–Crippen LogP) is 5.77. The van der Waals surface area contributed by atoms with E-state index in [1.54, 1.807) is 11.1 Å². The highest BCUT2D eigenvalue weighted by molar-refractivity contribution is 7.17. The molecular weight excluding hydrogens is 496 g/mol. The van der Waals surface area contributed by atoms with E-state index in [1.807, 2.05) is 57.2 Å². The largest absolute Gasteiger partial charge is 0.444 e. The first-order valence-corrected chi connectivity index (χ1v) is 13.3. The average molecular weight is 525 g/mol. The van der Waals surface area contributed by atoms with Crippen molar-refractivity contribution in [2.24, 2.45) is 0 Å². The van der Waals surface area contributed by atoms with Crippen LogP contribution in [0.3, 0.4) is 0 Å². The number of carbonyl (C=O) groups is 2. The van der Waals surface area contributed by atoms with Gasteiger partial charge in [-0.15, -0.1) is 11.3 Å². The van der Waals surface area contributed by atoms with Gasteiger partial charge in [-0.25, -0.2) is 9.78 Å². The number of nitrogens with zero attached hydrogens (tertiary/aromatic N) is 3. The van der Waals surface area contributed by atoms with Gasteiger partial charge in [0.25, 0.3) is 5.91 Å². The molecule has 36 heavy (non-hydrogen) atoms. The van der Waals surface area contributed by atoms with E-state index in [1.165, 1.54) is 11.3 Å². The van der Waals surface area contributed by atoms with E-state index in [0.717, 1.165) is 51.8 Å². The van der Waals surface area contributed by atoms with Crippen molar-refractivity contribution < 1.29 is 14.3 Å². The summed E-state index contributed by atoms with van der Waals surface area (Å²) in [4.78, 5) is 35.8. The van der Waals surface area contributed by atoms with Crippen molar-refractivity contribution >= 4 is 46.4 Å². The van der Waals surface area contributed by atoms with Crippen molar-refractivity contribution in [3.63, 3.8) is 0 Å². The zero-order valence-corrected chi connectivity index (χ0v) is 22.2. The summed E-state index contributed by atoms with van der Waals surface area (Å²) in [5.41, 5.74) is 2.43. The van der Waals surface area contributed by atoms with Gasteiger partial charge in [-0.1, -0.05) is 23.7 Å². The minimum Gasteiger partial charge on any atom is -0.444 e. The molecule has 7 nitrogen and oxygen atoms in total. The molecule has 2 aliphatic rings. The van der Waals surface area contributed by atoms with E-state index in [2.05, 4.69) is 21.3 Å². The average Bonchev–Trinajstić information content (AvgIpc) is 3.46. The van der Waals surface area contributed by atoms with Gasteiger partial charge in [0.05, 0.1) is 22.8 Å². The molecule has 188 valence electrons.